The van der Waals surface area contributed by atoms with Crippen LogP contribution in [0.3, 0.4) is 0 Å². The van der Waals surface area contributed by atoms with Crippen LogP contribution in [-0.2, 0) is 14.3 Å². The van der Waals surface area contributed by atoms with Crippen molar-refractivity contribution >= 4 is 40.7 Å². The minimum Gasteiger partial charge on any atom is -0.478 e. The number of nitrogens with zero attached hydrogens (tertiary/aromatic N) is 4. The molecule has 0 radical (unpaired) electrons. The van der Waals surface area contributed by atoms with Crippen molar-refractivity contribution in [3.05, 3.63) is 86.8 Å². The fourth-order valence-corrected chi connectivity index (χ4v) is 7.09. The predicted molar refractivity (Wildman–Crippen MR) is 170 cm³/mol. The number of benzene rings is 2. The number of likely N-dealkylation sites (tertiary alicyclic amines) is 1. The van der Waals surface area contributed by atoms with Gasteiger partial charge in [-0.2, -0.15) is 0 Å². The number of amides is 1. The van der Waals surface area contributed by atoms with Crippen LogP contribution in [0.5, 0.6) is 5.75 Å². The third-order valence-corrected chi connectivity index (χ3v) is 9.68. The number of fused-ring (bicyclic) bond motifs is 1. The van der Waals surface area contributed by atoms with Gasteiger partial charge < -0.3 is 24.8 Å². The molecule has 0 aliphatic carbocycles. The number of hydrogen-bond acceptors (Lipinski definition) is 10. The number of carboxylic acids is 1. The number of carbonyl (C=O) groups is 3. The molecule has 0 saturated carbocycles. The number of carboxylic acid groups (broad SMARTS) is 1. The molecule has 3 atom stereocenters. The first kappa shape index (κ1) is 34.9. The Balaban J connectivity index is 1.31. The zero-order chi connectivity index (χ0) is 36.0. The molecule has 11 nitrogen and oxygen atoms in total. The minimum atomic E-state index is -5.21. The summed E-state index contributed by atoms with van der Waals surface area (Å²) in [5, 5.41) is 14.8. The van der Waals surface area contributed by atoms with E-state index in [4.69, 9.17) is 9.73 Å². The van der Waals surface area contributed by atoms with E-state index in [1.807, 2.05) is 4.90 Å². The molecule has 0 bridgehead atoms. The number of aliphatic imine (C=N–C) groups is 1. The molecule has 2 N–H and O–H groups in total. The van der Waals surface area contributed by atoms with E-state index in [-0.39, 0.29) is 56.0 Å². The van der Waals surface area contributed by atoms with E-state index in [1.54, 1.807) is 31.5 Å². The number of halogens is 5. The number of aromatic carboxylic acids is 1. The number of rotatable bonds is 9. The summed E-state index contributed by atoms with van der Waals surface area (Å²) in [4.78, 5) is 50.4. The molecule has 1 aromatic heterocycles. The van der Waals surface area contributed by atoms with Gasteiger partial charge in [0, 0.05) is 67.5 Å². The maximum atomic E-state index is 16.5. The van der Waals surface area contributed by atoms with Crippen molar-refractivity contribution in [2.45, 2.75) is 38.3 Å². The molecule has 2 fully saturated rings. The summed E-state index contributed by atoms with van der Waals surface area (Å²) in [6.45, 7) is 3.15. The molecule has 0 unspecified atom stereocenters. The Morgan fingerprint density at radius 3 is 2.66 bits per heavy atom. The summed E-state index contributed by atoms with van der Waals surface area (Å²) >= 11 is 1.29. The van der Waals surface area contributed by atoms with Crippen LogP contribution >= 0.6 is 11.3 Å². The molecule has 4 heterocycles. The van der Waals surface area contributed by atoms with Gasteiger partial charge in [-0.15, -0.1) is 24.5 Å². The monoisotopic (exact) mass is 719 g/mol. The standard InChI is InChI=1S/C33H30F5N5O6S/c1-3-48-30(46)25-23(40-27(28-39-10-12-50-28)41-26(25)20-5-4-6-22(34)17(20)2)16-42-11-9-32(35)18(14-42)15-43(31(32)47)19-7-8-21(29(44)45)24(13-19)49-33(36,37)38/h4-8,10,12-13,18,26H,3,9,11,14-16H2,1-2H3,(H,40,41)(H,44,45)/t18-,26-,32+/m0/s1. The van der Waals surface area contributed by atoms with Gasteiger partial charge in [0.1, 0.15) is 23.2 Å². The number of ether oxygens (including phenoxy) is 2. The number of thiazole rings is 1. The van der Waals surface area contributed by atoms with Crippen molar-refractivity contribution in [3.63, 3.8) is 0 Å². The molecule has 264 valence electrons. The van der Waals surface area contributed by atoms with Crippen LogP contribution in [0.1, 0.15) is 45.9 Å². The molecule has 6 rings (SSSR count). The zero-order valence-electron chi connectivity index (χ0n) is 26.6. The van der Waals surface area contributed by atoms with E-state index < -0.39 is 59.0 Å². The van der Waals surface area contributed by atoms with E-state index in [1.165, 1.54) is 23.5 Å². The molecule has 1 amide bonds. The van der Waals surface area contributed by atoms with E-state index in [0.717, 1.165) is 23.1 Å². The second-order valence-corrected chi connectivity index (χ2v) is 12.8. The number of esters is 1. The molecule has 3 aliphatic rings. The molecular formula is C33H30F5N5O6S. The Kier molecular flexibility index (Phi) is 9.39. The number of carbonyl (C=O) groups excluding carboxylic acids is 2. The summed E-state index contributed by atoms with van der Waals surface area (Å²) in [7, 11) is 0. The minimum absolute atomic E-state index is 0.00648. The summed E-state index contributed by atoms with van der Waals surface area (Å²) in [5.41, 5.74) is -2.10. The van der Waals surface area contributed by atoms with Crippen molar-refractivity contribution in [3.8, 4) is 5.75 Å². The summed E-state index contributed by atoms with van der Waals surface area (Å²) in [6.07, 6.45) is -3.90. The van der Waals surface area contributed by atoms with Gasteiger partial charge in [0.25, 0.3) is 5.91 Å². The quantitative estimate of drug-likeness (QED) is 0.227. The van der Waals surface area contributed by atoms with Crippen LogP contribution in [0.15, 0.2) is 64.2 Å². The van der Waals surface area contributed by atoms with Gasteiger partial charge in [0.2, 0.25) is 0 Å². The van der Waals surface area contributed by atoms with Gasteiger partial charge in [0.05, 0.1) is 12.2 Å². The summed E-state index contributed by atoms with van der Waals surface area (Å²) < 4.78 is 79.7. The predicted octanol–water partition coefficient (Wildman–Crippen LogP) is 5.17. The largest absolute Gasteiger partial charge is 0.573 e. The lowest BCUT2D eigenvalue weighted by Gasteiger charge is -2.38. The first-order chi connectivity index (χ1) is 23.7. The van der Waals surface area contributed by atoms with Crippen LogP contribution in [-0.4, -0.2) is 83.5 Å². The van der Waals surface area contributed by atoms with Crippen LogP contribution < -0.4 is 15.0 Å². The van der Waals surface area contributed by atoms with Crippen molar-refractivity contribution in [2.24, 2.45) is 10.9 Å². The van der Waals surface area contributed by atoms with Crippen LogP contribution in [0.2, 0.25) is 0 Å². The number of piperidine rings is 1. The average molecular weight is 720 g/mol. The number of amidine groups is 1. The Morgan fingerprint density at radius 1 is 1.20 bits per heavy atom. The molecule has 0 spiro atoms. The molecule has 2 aromatic carbocycles. The van der Waals surface area contributed by atoms with E-state index in [9.17, 15) is 37.1 Å². The fourth-order valence-electron chi connectivity index (χ4n) is 6.50. The Morgan fingerprint density at radius 2 is 1.98 bits per heavy atom. The fraction of sp³-hybridized carbons (Fsp3) is 0.364. The first-order valence-electron chi connectivity index (χ1n) is 15.5. The number of alkyl halides is 4. The molecular weight excluding hydrogens is 689 g/mol. The van der Waals surface area contributed by atoms with Crippen molar-refractivity contribution < 1.29 is 50.9 Å². The van der Waals surface area contributed by atoms with E-state index in [0.29, 0.717) is 22.1 Å². The lowest BCUT2D eigenvalue weighted by Crippen LogP contribution is -2.52. The van der Waals surface area contributed by atoms with Gasteiger partial charge in [-0.3, -0.25) is 14.7 Å². The van der Waals surface area contributed by atoms with Crippen LogP contribution in [0, 0.1) is 18.7 Å². The third kappa shape index (κ3) is 6.66. The number of aromatic nitrogens is 1. The van der Waals surface area contributed by atoms with Crippen molar-refractivity contribution in [1.82, 2.24) is 15.2 Å². The summed E-state index contributed by atoms with van der Waals surface area (Å²) in [5.74, 6) is -5.48. The lowest BCUT2D eigenvalue weighted by molar-refractivity contribution is -0.274. The zero-order valence-corrected chi connectivity index (χ0v) is 27.4. The van der Waals surface area contributed by atoms with Gasteiger partial charge in [-0.05, 0) is 43.2 Å². The third-order valence-electron chi connectivity index (χ3n) is 8.90. The highest BCUT2D eigenvalue weighted by molar-refractivity contribution is 7.11. The average Bonchev–Trinajstić information content (AvgIpc) is 3.68. The van der Waals surface area contributed by atoms with Gasteiger partial charge >= 0.3 is 18.3 Å². The summed E-state index contributed by atoms with van der Waals surface area (Å²) in [6, 6.07) is 6.25. The molecule has 2 saturated heterocycles. The van der Waals surface area contributed by atoms with Gasteiger partial charge in [-0.25, -0.2) is 23.4 Å². The maximum Gasteiger partial charge on any atom is 0.573 e. The Bertz CT molecular complexity index is 1900. The normalized spacial score (nSPS) is 22.6. The first-order valence-corrected chi connectivity index (χ1v) is 16.3. The highest BCUT2D eigenvalue weighted by atomic mass is 32.1. The van der Waals surface area contributed by atoms with E-state index >= 15 is 4.39 Å². The molecule has 50 heavy (non-hydrogen) atoms. The highest BCUT2D eigenvalue weighted by Crippen LogP contribution is 2.43. The lowest BCUT2D eigenvalue weighted by atomic mass is 9.84. The van der Waals surface area contributed by atoms with Crippen molar-refractivity contribution in [2.75, 3.05) is 37.7 Å². The second-order valence-electron chi connectivity index (χ2n) is 11.9. The number of nitrogens with one attached hydrogen (secondary N) is 1. The van der Waals surface area contributed by atoms with Crippen LogP contribution in [0.4, 0.5) is 27.6 Å². The second kappa shape index (κ2) is 13.4. The van der Waals surface area contributed by atoms with E-state index in [2.05, 4.69) is 15.0 Å². The molecule has 3 aliphatic heterocycles. The van der Waals surface area contributed by atoms with Crippen molar-refractivity contribution in [1.29, 1.82) is 0 Å². The highest BCUT2D eigenvalue weighted by Gasteiger charge is 2.57. The van der Waals surface area contributed by atoms with Gasteiger partial charge in [0.15, 0.2) is 16.5 Å². The molecule has 3 aromatic rings. The number of hydrogen-bond donors (Lipinski definition) is 2. The SMILES string of the molecule is CCOC(=O)C1=C(CN2CC[C@]3(F)C(=O)N(c4ccc(C(=O)O)c(OC(F)(F)F)c4)C[C@@H]3C2)NC(c2nccs2)=N[C@H]1c1cccc(F)c1C. The topological polar surface area (TPSA) is 134 Å². The number of anilines is 1. The van der Waals surface area contributed by atoms with Crippen LogP contribution in [0.25, 0.3) is 0 Å². The Labute approximate surface area is 286 Å². The Hall–Kier alpha value is -4.90. The molecule has 17 heteroatoms. The van der Waals surface area contributed by atoms with Gasteiger partial charge in [-0.1, -0.05) is 12.1 Å². The smallest absolute Gasteiger partial charge is 0.478 e. The maximum absolute atomic E-state index is 16.5.